The molecule has 3 N–H and O–H groups in total. The molecule has 0 heterocycles. The lowest BCUT2D eigenvalue weighted by molar-refractivity contribution is -0.161. The molecule has 0 amide bonds. The third kappa shape index (κ3) is 65.8. The van der Waals surface area contributed by atoms with Gasteiger partial charge < -0.3 is 33.8 Å². The molecule has 0 rings (SSSR count). The van der Waals surface area contributed by atoms with Crippen molar-refractivity contribution in [3.05, 3.63) is 0 Å². The van der Waals surface area contributed by atoms with E-state index in [2.05, 4.69) is 55.4 Å². The number of rotatable bonds is 71. The van der Waals surface area contributed by atoms with E-state index in [4.69, 9.17) is 37.0 Å². The van der Waals surface area contributed by atoms with E-state index >= 15 is 0 Å². The van der Waals surface area contributed by atoms with Crippen LogP contribution < -0.4 is 0 Å². The quantitative estimate of drug-likeness (QED) is 0.0222. The van der Waals surface area contributed by atoms with Gasteiger partial charge in [0.2, 0.25) is 0 Å². The smallest absolute Gasteiger partial charge is 0.462 e. The van der Waals surface area contributed by atoms with E-state index in [-0.39, 0.29) is 25.7 Å². The Labute approximate surface area is 568 Å². The Morgan fingerprint density at radius 3 is 0.763 bits per heavy atom. The second kappa shape index (κ2) is 63.5. The Kier molecular flexibility index (Phi) is 62.2. The molecule has 93 heavy (non-hydrogen) atoms. The van der Waals surface area contributed by atoms with Gasteiger partial charge in [-0.05, 0) is 49.4 Å². The Balaban J connectivity index is 5.18. The normalized spacial score (nSPS) is 14.8. The number of aliphatic hydroxyl groups excluding tert-OH is 1. The lowest BCUT2D eigenvalue weighted by Crippen LogP contribution is -2.30. The zero-order valence-electron chi connectivity index (χ0n) is 60.9. The first kappa shape index (κ1) is 91.1. The molecular weight excluding hydrogens is 1220 g/mol. The van der Waals surface area contributed by atoms with E-state index in [1.807, 2.05) is 0 Å². The van der Waals surface area contributed by atoms with Crippen LogP contribution in [0.15, 0.2) is 0 Å². The molecule has 17 nitrogen and oxygen atoms in total. The summed E-state index contributed by atoms with van der Waals surface area (Å²) in [7, 11) is -9.91. The van der Waals surface area contributed by atoms with Crippen molar-refractivity contribution in [3.8, 4) is 0 Å². The van der Waals surface area contributed by atoms with Gasteiger partial charge in [-0.1, -0.05) is 319 Å². The van der Waals surface area contributed by atoms with Crippen LogP contribution in [-0.2, 0) is 65.4 Å². The van der Waals surface area contributed by atoms with Gasteiger partial charge in [0.25, 0.3) is 0 Å². The molecule has 0 aliphatic heterocycles. The summed E-state index contributed by atoms with van der Waals surface area (Å²) in [5.74, 6) is 0.897. The van der Waals surface area contributed by atoms with Gasteiger partial charge in [0.1, 0.15) is 19.3 Å². The van der Waals surface area contributed by atoms with Crippen molar-refractivity contribution in [2.24, 2.45) is 23.7 Å². The average molecular weight is 1370 g/mol. The third-order valence-corrected chi connectivity index (χ3v) is 19.7. The number of unbranched alkanes of at least 4 members (excludes halogenated alkanes) is 35. The van der Waals surface area contributed by atoms with Crippen molar-refractivity contribution in [2.75, 3.05) is 39.6 Å². The third-order valence-electron chi connectivity index (χ3n) is 17.8. The van der Waals surface area contributed by atoms with Crippen molar-refractivity contribution in [2.45, 2.75) is 388 Å². The first-order chi connectivity index (χ1) is 44.7. The van der Waals surface area contributed by atoms with E-state index in [9.17, 15) is 43.2 Å². The minimum Gasteiger partial charge on any atom is -0.462 e. The summed E-state index contributed by atoms with van der Waals surface area (Å²) in [6, 6.07) is 0. The Morgan fingerprint density at radius 2 is 0.516 bits per heavy atom. The SMILES string of the molecule is CCC(C)CCCCCCCCCCC(=O)O[C@H](COC(=O)CCCCCCCCCC(C)C)COP(=O)(O)OC[C@@H](O)COP(=O)(O)OC[C@@H](COC(=O)CCCCCCCCC(C)CC)OC(=O)CCCCCCCCCCCCCCCCCCCCC(C)C. The van der Waals surface area contributed by atoms with Crippen LogP contribution in [0.3, 0.4) is 0 Å². The highest BCUT2D eigenvalue weighted by molar-refractivity contribution is 7.47. The maximum Gasteiger partial charge on any atom is 0.472 e. The average Bonchev–Trinajstić information content (AvgIpc) is 1.48. The minimum absolute atomic E-state index is 0.104. The van der Waals surface area contributed by atoms with Crippen LogP contribution in [0.25, 0.3) is 0 Å². The molecule has 552 valence electrons. The van der Waals surface area contributed by atoms with E-state index in [0.717, 1.165) is 120 Å². The summed E-state index contributed by atoms with van der Waals surface area (Å²) in [5.41, 5.74) is 0. The van der Waals surface area contributed by atoms with E-state index in [0.29, 0.717) is 31.6 Å². The Morgan fingerprint density at radius 1 is 0.301 bits per heavy atom. The van der Waals surface area contributed by atoms with Crippen LogP contribution >= 0.6 is 15.6 Å². The van der Waals surface area contributed by atoms with Crippen LogP contribution in [0.2, 0.25) is 0 Å². The summed E-state index contributed by atoms with van der Waals surface area (Å²) in [6.45, 7) is 14.1. The monoisotopic (exact) mass is 1370 g/mol. The molecule has 0 aromatic carbocycles. The molecule has 7 atom stereocenters. The Hall–Kier alpha value is -1.94. The first-order valence-electron chi connectivity index (χ1n) is 38.3. The van der Waals surface area contributed by atoms with Crippen molar-refractivity contribution in [1.82, 2.24) is 0 Å². The maximum atomic E-state index is 13.0. The minimum atomic E-state index is -4.96. The number of aliphatic hydroxyl groups is 1. The highest BCUT2D eigenvalue weighted by atomic mass is 31.2. The second-order valence-corrected chi connectivity index (χ2v) is 31.0. The van der Waals surface area contributed by atoms with Gasteiger partial charge in [-0.25, -0.2) is 9.13 Å². The maximum absolute atomic E-state index is 13.0. The van der Waals surface area contributed by atoms with Gasteiger partial charge in [-0.15, -0.1) is 0 Å². The fourth-order valence-corrected chi connectivity index (χ4v) is 12.7. The topological polar surface area (TPSA) is 237 Å². The zero-order valence-corrected chi connectivity index (χ0v) is 62.7. The summed E-state index contributed by atoms with van der Waals surface area (Å²) in [5, 5.41) is 10.6. The molecule has 0 aromatic rings. The van der Waals surface area contributed by atoms with Crippen molar-refractivity contribution >= 4 is 39.5 Å². The number of phosphoric ester groups is 2. The number of ether oxygens (including phenoxy) is 4. The molecule has 0 aromatic heterocycles. The molecule has 0 fully saturated rings. The first-order valence-corrected chi connectivity index (χ1v) is 41.3. The predicted octanol–water partition coefficient (Wildman–Crippen LogP) is 21.3. The summed E-state index contributed by atoms with van der Waals surface area (Å²) >= 11 is 0. The molecular formula is C74H144O17P2. The fraction of sp³-hybridized carbons (Fsp3) is 0.946. The van der Waals surface area contributed by atoms with Crippen LogP contribution in [0, 0.1) is 23.7 Å². The second-order valence-electron chi connectivity index (χ2n) is 28.1. The lowest BCUT2D eigenvalue weighted by atomic mass is 9.99. The number of hydrogen-bond donors (Lipinski definition) is 3. The predicted molar refractivity (Wildman–Crippen MR) is 377 cm³/mol. The van der Waals surface area contributed by atoms with Crippen molar-refractivity contribution < 1.29 is 80.2 Å². The van der Waals surface area contributed by atoms with E-state index in [1.54, 1.807) is 0 Å². The molecule has 0 saturated carbocycles. The summed E-state index contributed by atoms with van der Waals surface area (Å²) in [4.78, 5) is 72.6. The van der Waals surface area contributed by atoms with Crippen LogP contribution in [0.5, 0.6) is 0 Å². The van der Waals surface area contributed by atoms with Gasteiger partial charge in [0.05, 0.1) is 26.4 Å². The summed E-state index contributed by atoms with van der Waals surface area (Å²) in [6.07, 6.45) is 47.4. The van der Waals surface area contributed by atoms with Crippen molar-refractivity contribution in [3.63, 3.8) is 0 Å². The molecule has 19 heteroatoms. The number of hydrogen-bond acceptors (Lipinski definition) is 15. The van der Waals surface area contributed by atoms with Gasteiger partial charge >= 0.3 is 39.5 Å². The van der Waals surface area contributed by atoms with E-state index < -0.39 is 97.5 Å². The van der Waals surface area contributed by atoms with Gasteiger partial charge in [0, 0.05) is 25.7 Å². The Bertz CT molecular complexity index is 1840. The van der Waals surface area contributed by atoms with Crippen LogP contribution in [0.4, 0.5) is 0 Å². The van der Waals surface area contributed by atoms with Gasteiger partial charge in [-0.2, -0.15) is 0 Å². The molecule has 0 aliphatic rings. The standard InChI is InChI=1S/C74H144O17P2/c1-9-66(7)52-44-36-28-23-24-30-41-49-57-74(79)91-69(60-84-71(76)54-46-38-31-25-27-35-43-51-65(5)6)62-88-92(80,81)86-58-68(75)59-87-93(82,83)89-63-70(61-85-72(77)55-47-39-33-32-37-45-53-67(8)10-2)90-73(78)56-48-40-29-22-20-18-16-14-12-11-13-15-17-19-21-26-34-42-50-64(3)4/h64-70,75H,9-63H2,1-8H3,(H,80,81)(H,82,83)/t66?,67?,68-,69-,70-/m1/s1. The van der Waals surface area contributed by atoms with Crippen LogP contribution in [0.1, 0.15) is 370 Å². The highest BCUT2D eigenvalue weighted by Crippen LogP contribution is 2.45. The molecule has 0 spiro atoms. The highest BCUT2D eigenvalue weighted by Gasteiger charge is 2.30. The van der Waals surface area contributed by atoms with E-state index in [1.165, 1.54) is 161 Å². The number of esters is 4. The molecule has 0 bridgehead atoms. The van der Waals surface area contributed by atoms with Crippen LogP contribution in [-0.4, -0.2) is 96.7 Å². The number of carbonyl (C=O) groups is 4. The largest absolute Gasteiger partial charge is 0.472 e. The molecule has 0 aliphatic carbocycles. The molecule has 0 saturated heterocycles. The molecule has 0 radical (unpaired) electrons. The zero-order chi connectivity index (χ0) is 68.9. The summed E-state index contributed by atoms with van der Waals surface area (Å²) < 4.78 is 68.4. The number of phosphoric acid groups is 2. The fourth-order valence-electron chi connectivity index (χ4n) is 11.1. The van der Waals surface area contributed by atoms with Crippen molar-refractivity contribution in [1.29, 1.82) is 0 Å². The molecule has 4 unspecified atom stereocenters. The van der Waals surface area contributed by atoms with Gasteiger partial charge in [0.15, 0.2) is 12.2 Å². The lowest BCUT2D eigenvalue weighted by Gasteiger charge is -2.21. The van der Waals surface area contributed by atoms with Gasteiger partial charge in [-0.3, -0.25) is 37.3 Å². The number of carbonyl (C=O) groups excluding carboxylic acids is 4.